The van der Waals surface area contributed by atoms with Gasteiger partial charge in [-0.1, -0.05) is 23.7 Å². The Labute approximate surface area is 201 Å². The lowest BCUT2D eigenvalue weighted by atomic mass is 10.0. The Hall–Kier alpha value is -2.04. The van der Waals surface area contributed by atoms with Crippen LogP contribution in [0.25, 0.3) is 22.3 Å². The fraction of sp³-hybridized carbons (Fsp3) is 0.522. The van der Waals surface area contributed by atoms with Crippen molar-refractivity contribution in [2.45, 2.75) is 25.9 Å². The van der Waals surface area contributed by atoms with Crippen LogP contribution >= 0.6 is 23.1 Å². The molecule has 10 heteroatoms. The largest absolute Gasteiger partial charge is 0.480 e. The lowest BCUT2D eigenvalue weighted by Gasteiger charge is -2.33. The molecule has 0 spiro atoms. The fourth-order valence-corrected chi connectivity index (χ4v) is 5.74. The summed E-state index contributed by atoms with van der Waals surface area (Å²) in [4.78, 5) is 20.1. The zero-order chi connectivity index (χ0) is 22.8. The van der Waals surface area contributed by atoms with Gasteiger partial charge in [-0.3, -0.25) is 14.6 Å². The molecule has 0 atom stereocenters. The van der Waals surface area contributed by atoms with Crippen molar-refractivity contribution >= 4 is 40.0 Å². The van der Waals surface area contributed by atoms with Gasteiger partial charge in [-0.05, 0) is 36.4 Å². The van der Waals surface area contributed by atoms with Gasteiger partial charge in [0.1, 0.15) is 5.01 Å². The van der Waals surface area contributed by atoms with E-state index in [1.807, 2.05) is 17.0 Å². The van der Waals surface area contributed by atoms with E-state index >= 15 is 0 Å². The number of fused-ring (bicyclic) bond motifs is 1. The van der Waals surface area contributed by atoms with E-state index in [0.717, 1.165) is 97.6 Å². The summed E-state index contributed by atoms with van der Waals surface area (Å²) in [7, 11) is 0. The summed E-state index contributed by atoms with van der Waals surface area (Å²) in [6.45, 7) is 6.60. The molecule has 2 saturated heterocycles. The minimum Gasteiger partial charge on any atom is -0.480 e. The highest BCUT2D eigenvalue weighted by Gasteiger charge is 2.22. The molecule has 8 nitrogen and oxygen atoms in total. The first-order valence-electron chi connectivity index (χ1n) is 11.4. The number of piperazine rings is 1. The number of rotatable bonds is 7. The molecule has 2 fully saturated rings. The second-order valence-corrected chi connectivity index (χ2v) is 10.1. The molecular formula is C23H28ClN5O3S. The maximum atomic E-state index is 10.9. The molecule has 33 heavy (non-hydrogen) atoms. The summed E-state index contributed by atoms with van der Waals surface area (Å²) in [5, 5.41) is 11.8. The van der Waals surface area contributed by atoms with Crippen molar-refractivity contribution in [1.82, 2.24) is 23.7 Å². The van der Waals surface area contributed by atoms with Crippen molar-refractivity contribution in [3.05, 3.63) is 34.4 Å². The first kappa shape index (κ1) is 22.7. The number of hydrogen-bond acceptors (Lipinski definition) is 7. The average molecular weight is 490 g/mol. The fourth-order valence-electron chi connectivity index (χ4n) is 4.76. The number of ether oxygens (including phenoxy) is 1. The molecule has 0 amide bonds. The predicted molar refractivity (Wildman–Crippen MR) is 129 cm³/mol. The topological polar surface area (TPSA) is 83.7 Å². The third-order valence-corrected chi connectivity index (χ3v) is 7.54. The molecule has 2 aliphatic rings. The van der Waals surface area contributed by atoms with Gasteiger partial charge in [0.15, 0.2) is 5.82 Å². The maximum Gasteiger partial charge on any atom is 0.317 e. The van der Waals surface area contributed by atoms with Crippen molar-refractivity contribution in [1.29, 1.82) is 0 Å². The number of aromatic nitrogens is 3. The molecule has 1 N–H and O–H groups in total. The van der Waals surface area contributed by atoms with Gasteiger partial charge in [0.05, 0.1) is 23.6 Å². The van der Waals surface area contributed by atoms with Gasteiger partial charge in [0, 0.05) is 63.1 Å². The number of nitrogens with zero attached hydrogens (tertiary/aromatic N) is 5. The van der Waals surface area contributed by atoms with Gasteiger partial charge in [0.2, 0.25) is 0 Å². The standard InChI is InChI=1S/C23H28ClN5O3S/c24-19-3-1-2-17-18(13-29(22(17)19)12-16-4-10-32-11-5-16)23-25-20(33-26-23)14-27-6-8-28(9-7-27)15-21(30)31/h1-3,13,16H,4-12,14-15H2,(H,30,31). The number of carboxylic acids is 1. The summed E-state index contributed by atoms with van der Waals surface area (Å²) in [6.07, 6.45) is 4.29. The zero-order valence-electron chi connectivity index (χ0n) is 18.5. The van der Waals surface area contributed by atoms with Crippen LogP contribution in [0.15, 0.2) is 24.4 Å². The number of benzene rings is 1. The zero-order valence-corrected chi connectivity index (χ0v) is 20.0. The highest BCUT2D eigenvalue weighted by Crippen LogP contribution is 2.35. The molecule has 3 aromatic rings. The van der Waals surface area contributed by atoms with Crippen LogP contribution in [-0.4, -0.2) is 80.7 Å². The first-order valence-corrected chi connectivity index (χ1v) is 12.6. The Kier molecular flexibility index (Phi) is 6.94. The van der Waals surface area contributed by atoms with E-state index in [9.17, 15) is 4.79 Å². The summed E-state index contributed by atoms with van der Waals surface area (Å²) in [6, 6.07) is 6.02. The second kappa shape index (κ2) is 10.1. The van der Waals surface area contributed by atoms with Crippen LogP contribution in [0.2, 0.25) is 5.02 Å². The molecule has 2 aliphatic heterocycles. The quantitative estimate of drug-likeness (QED) is 0.544. The monoisotopic (exact) mass is 489 g/mol. The van der Waals surface area contributed by atoms with Crippen molar-refractivity contribution in [2.75, 3.05) is 45.9 Å². The number of carboxylic acid groups (broad SMARTS) is 1. The van der Waals surface area contributed by atoms with Crippen molar-refractivity contribution < 1.29 is 14.6 Å². The van der Waals surface area contributed by atoms with E-state index in [1.165, 1.54) is 11.5 Å². The number of halogens is 1. The van der Waals surface area contributed by atoms with Crippen molar-refractivity contribution in [3.8, 4) is 11.4 Å². The van der Waals surface area contributed by atoms with Crippen LogP contribution in [0.5, 0.6) is 0 Å². The lowest BCUT2D eigenvalue weighted by molar-refractivity contribution is -0.138. The molecule has 2 aromatic heterocycles. The Morgan fingerprint density at radius 2 is 1.94 bits per heavy atom. The lowest BCUT2D eigenvalue weighted by Crippen LogP contribution is -2.47. The first-order chi connectivity index (χ1) is 16.1. The van der Waals surface area contributed by atoms with E-state index in [0.29, 0.717) is 5.92 Å². The minimum absolute atomic E-state index is 0.108. The SMILES string of the molecule is O=C(O)CN1CCN(Cc2nc(-c3cn(CC4CCOCC4)c4c(Cl)cccc34)ns2)CC1. The van der Waals surface area contributed by atoms with E-state index in [4.69, 9.17) is 26.4 Å². The molecule has 0 saturated carbocycles. The van der Waals surface area contributed by atoms with Crippen LogP contribution < -0.4 is 0 Å². The molecule has 4 heterocycles. The summed E-state index contributed by atoms with van der Waals surface area (Å²) in [5.74, 6) is 0.558. The highest BCUT2D eigenvalue weighted by atomic mass is 35.5. The molecule has 5 rings (SSSR count). The van der Waals surface area contributed by atoms with Crippen LogP contribution in [0.3, 0.4) is 0 Å². The van der Waals surface area contributed by atoms with Crippen LogP contribution in [-0.2, 0) is 22.6 Å². The van der Waals surface area contributed by atoms with Crippen LogP contribution in [0.1, 0.15) is 17.8 Å². The van der Waals surface area contributed by atoms with Crippen molar-refractivity contribution in [2.24, 2.45) is 5.92 Å². The van der Waals surface area contributed by atoms with E-state index in [1.54, 1.807) is 0 Å². The molecule has 0 bridgehead atoms. The Balaban J connectivity index is 1.33. The summed E-state index contributed by atoms with van der Waals surface area (Å²) < 4.78 is 12.5. The normalized spacial score (nSPS) is 18.8. The third-order valence-electron chi connectivity index (χ3n) is 6.54. The Morgan fingerprint density at radius 3 is 2.70 bits per heavy atom. The molecule has 1 aromatic carbocycles. The Morgan fingerprint density at radius 1 is 1.18 bits per heavy atom. The number of para-hydroxylation sites is 1. The molecule has 0 unspecified atom stereocenters. The van der Waals surface area contributed by atoms with Gasteiger partial charge in [-0.15, -0.1) is 0 Å². The molecule has 0 aliphatic carbocycles. The third kappa shape index (κ3) is 5.22. The van der Waals surface area contributed by atoms with Crippen molar-refractivity contribution in [3.63, 3.8) is 0 Å². The smallest absolute Gasteiger partial charge is 0.317 e. The van der Waals surface area contributed by atoms with E-state index in [2.05, 4.69) is 26.1 Å². The maximum absolute atomic E-state index is 10.9. The van der Waals surface area contributed by atoms with Gasteiger partial charge in [-0.25, -0.2) is 4.98 Å². The number of carbonyl (C=O) groups is 1. The second-order valence-electron chi connectivity index (χ2n) is 8.84. The van der Waals surface area contributed by atoms with Crippen LogP contribution in [0, 0.1) is 5.92 Å². The molecule has 0 radical (unpaired) electrons. The van der Waals surface area contributed by atoms with E-state index in [-0.39, 0.29) is 6.54 Å². The van der Waals surface area contributed by atoms with E-state index < -0.39 is 5.97 Å². The predicted octanol–water partition coefficient (Wildman–Crippen LogP) is 3.44. The number of aliphatic carboxylic acids is 1. The number of hydrogen-bond donors (Lipinski definition) is 1. The molecular weight excluding hydrogens is 462 g/mol. The summed E-state index contributed by atoms with van der Waals surface area (Å²) >= 11 is 8.06. The van der Waals surface area contributed by atoms with Crippen LogP contribution in [0.4, 0.5) is 0 Å². The summed E-state index contributed by atoms with van der Waals surface area (Å²) in [5.41, 5.74) is 2.07. The van der Waals surface area contributed by atoms with Gasteiger partial charge < -0.3 is 14.4 Å². The van der Waals surface area contributed by atoms with Gasteiger partial charge in [-0.2, -0.15) is 4.37 Å². The average Bonchev–Trinajstić information content (AvgIpc) is 3.41. The van der Waals surface area contributed by atoms with Gasteiger partial charge in [0.25, 0.3) is 0 Å². The molecule has 176 valence electrons. The Bertz CT molecular complexity index is 1120. The minimum atomic E-state index is -0.770. The highest BCUT2D eigenvalue weighted by molar-refractivity contribution is 7.05. The van der Waals surface area contributed by atoms with Gasteiger partial charge >= 0.3 is 5.97 Å².